The second-order valence-electron chi connectivity index (χ2n) is 5.64. The maximum absolute atomic E-state index is 12.4. The van der Waals surface area contributed by atoms with Gasteiger partial charge in [-0.1, -0.05) is 29.3 Å². The van der Waals surface area contributed by atoms with Crippen LogP contribution < -0.4 is 14.8 Å². The summed E-state index contributed by atoms with van der Waals surface area (Å²) in [5.41, 5.74) is 1.40. The van der Waals surface area contributed by atoms with Crippen molar-refractivity contribution in [2.24, 2.45) is 0 Å². The molecule has 6 nitrogen and oxygen atoms in total. The molecule has 0 aliphatic carbocycles. The van der Waals surface area contributed by atoms with E-state index in [1.54, 1.807) is 25.1 Å². The van der Waals surface area contributed by atoms with Gasteiger partial charge < -0.3 is 19.5 Å². The molecular weight excluding hydrogens is 393 g/mol. The van der Waals surface area contributed by atoms with Crippen LogP contribution in [0, 0.1) is 6.92 Å². The number of methoxy groups -OCH3 is 2. The molecule has 2 aromatic carbocycles. The van der Waals surface area contributed by atoms with E-state index in [2.05, 4.69) is 5.32 Å². The van der Waals surface area contributed by atoms with E-state index >= 15 is 0 Å². The van der Waals surface area contributed by atoms with Crippen LogP contribution in [0.1, 0.15) is 22.8 Å². The number of hydrogen-bond acceptors (Lipinski definition) is 5. The smallest absolute Gasteiger partial charge is 0.339 e. The first-order valence-electron chi connectivity index (χ1n) is 7.97. The second kappa shape index (κ2) is 8.97. The molecule has 0 saturated heterocycles. The monoisotopic (exact) mass is 411 g/mol. The zero-order valence-electron chi connectivity index (χ0n) is 15.3. The molecule has 1 N–H and O–H groups in total. The highest BCUT2D eigenvalue weighted by Crippen LogP contribution is 2.36. The number of carbonyl (C=O) groups is 2. The number of ether oxygens (including phenoxy) is 3. The standard InChI is InChI=1S/C19H19Cl2NO5/c1-10-13(20)6-5-7-15(10)22-18(23)11(2)27-19(24)12-8-14(21)17(26-4)16(9-12)25-3/h5-9,11H,1-4H3,(H,22,23)/t11-/m0/s1. The van der Waals surface area contributed by atoms with Gasteiger partial charge in [0.25, 0.3) is 5.91 Å². The SMILES string of the molecule is COc1cc(C(=O)O[C@@H](C)C(=O)Nc2cccc(Cl)c2C)cc(Cl)c1OC. The molecule has 0 unspecified atom stereocenters. The Kier molecular flexibility index (Phi) is 6.93. The molecule has 0 heterocycles. The average Bonchev–Trinajstić information content (AvgIpc) is 2.64. The van der Waals surface area contributed by atoms with Crippen molar-refractivity contribution in [2.45, 2.75) is 20.0 Å². The summed E-state index contributed by atoms with van der Waals surface area (Å²) >= 11 is 12.1. The van der Waals surface area contributed by atoms with E-state index in [0.29, 0.717) is 16.5 Å². The Labute approximate surface area is 167 Å². The van der Waals surface area contributed by atoms with E-state index in [4.69, 9.17) is 37.4 Å². The Hall–Kier alpha value is -2.44. The molecule has 2 rings (SSSR count). The van der Waals surface area contributed by atoms with Gasteiger partial charge in [-0.2, -0.15) is 0 Å². The predicted octanol–water partition coefficient (Wildman–Crippen LogP) is 4.50. The number of esters is 1. The van der Waals surface area contributed by atoms with Crippen molar-refractivity contribution >= 4 is 40.8 Å². The molecule has 1 atom stereocenters. The lowest BCUT2D eigenvalue weighted by Crippen LogP contribution is -2.30. The minimum absolute atomic E-state index is 0.135. The molecule has 0 aromatic heterocycles. The van der Waals surface area contributed by atoms with Crippen molar-refractivity contribution < 1.29 is 23.8 Å². The predicted molar refractivity (Wildman–Crippen MR) is 104 cm³/mol. The van der Waals surface area contributed by atoms with E-state index in [9.17, 15) is 9.59 Å². The Morgan fingerprint density at radius 1 is 1.07 bits per heavy atom. The van der Waals surface area contributed by atoms with E-state index < -0.39 is 18.0 Å². The van der Waals surface area contributed by atoms with Crippen LogP contribution in [0.15, 0.2) is 30.3 Å². The van der Waals surface area contributed by atoms with E-state index in [0.717, 1.165) is 5.56 Å². The van der Waals surface area contributed by atoms with Crippen LogP contribution in [0.5, 0.6) is 11.5 Å². The maximum Gasteiger partial charge on any atom is 0.339 e. The quantitative estimate of drug-likeness (QED) is 0.708. The van der Waals surface area contributed by atoms with Gasteiger partial charge in [0.15, 0.2) is 17.6 Å². The lowest BCUT2D eigenvalue weighted by Gasteiger charge is -2.16. The van der Waals surface area contributed by atoms with Gasteiger partial charge in [0.2, 0.25) is 0 Å². The number of carbonyl (C=O) groups excluding carboxylic acids is 2. The Bertz CT molecular complexity index is 869. The van der Waals surface area contributed by atoms with Crippen LogP contribution in [-0.4, -0.2) is 32.2 Å². The highest BCUT2D eigenvalue weighted by atomic mass is 35.5. The van der Waals surface area contributed by atoms with Gasteiger partial charge in [-0.3, -0.25) is 4.79 Å². The first-order valence-corrected chi connectivity index (χ1v) is 8.72. The van der Waals surface area contributed by atoms with Gasteiger partial charge in [-0.15, -0.1) is 0 Å². The van der Waals surface area contributed by atoms with Crippen LogP contribution >= 0.6 is 23.2 Å². The number of benzene rings is 2. The second-order valence-corrected chi connectivity index (χ2v) is 6.46. The fraction of sp³-hybridized carbons (Fsp3) is 0.263. The van der Waals surface area contributed by atoms with Crippen LogP contribution in [-0.2, 0) is 9.53 Å². The molecule has 27 heavy (non-hydrogen) atoms. The maximum atomic E-state index is 12.4. The summed E-state index contributed by atoms with van der Waals surface area (Å²) in [6.45, 7) is 3.25. The fourth-order valence-electron chi connectivity index (χ4n) is 2.30. The van der Waals surface area contributed by atoms with Crippen LogP contribution in [0.2, 0.25) is 10.0 Å². The Morgan fingerprint density at radius 3 is 2.41 bits per heavy atom. The number of hydrogen-bond donors (Lipinski definition) is 1. The highest BCUT2D eigenvalue weighted by molar-refractivity contribution is 6.32. The third-order valence-corrected chi connectivity index (χ3v) is 4.54. The van der Waals surface area contributed by atoms with Gasteiger partial charge in [0, 0.05) is 10.7 Å². The summed E-state index contributed by atoms with van der Waals surface area (Å²) in [5.74, 6) is -0.620. The van der Waals surface area contributed by atoms with Crippen molar-refractivity contribution in [3.63, 3.8) is 0 Å². The lowest BCUT2D eigenvalue weighted by atomic mass is 10.2. The zero-order valence-corrected chi connectivity index (χ0v) is 16.8. The van der Waals surface area contributed by atoms with E-state index in [-0.39, 0.29) is 16.3 Å². The van der Waals surface area contributed by atoms with Crippen LogP contribution in [0.3, 0.4) is 0 Å². The molecule has 8 heteroatoms. The molecule has 0 aliphatic heterocycles. The Morgan fingerprint density at radius 2 is 1.78 bits per heavy atom. The number of amides is 1. The van der Waals surface area contributed by atoms with Gasteiger partial charge in [-0.05, 0) is 43.7 Å². The minimum atomic E-state index is -1.04. The molecule has 0 radical (unpaired) electrons. The van der Waals surface area contributed by atoms with Crippen LogP contribution in [0.25, 0.3) is 0 Å². The largest absolute Gasteiger partial charge is 0.493 e. The van der Waals surface area contributed by atoms with Crippen LogP contribution in [0.4, 0.5) is 5.69 Å². The summed E-state index contributed by atoms with van der Waals surface area (Å²) < 4.78 is 15.5. The van der Waals surface area contributed by atoms with Crippen molar-refractivity contribution in [1.82, 2.24) is 0 Å². The average molecular weight is 412 g/mol. The summed E-state index contributed by atoms with van der Waals surface area (Å²) in [5, 5.41) is 3.40. The molecule has 2 aromatic rings. The summed E-state index contributed by atoms with van der Waals surface area (Å²) in [6, 6.07) is 7.96. The molecule has 0 spiro atoms. The number of rotatable bonds is 6. The molecule has 0 bridgehead atoms. The number of nitrogens with one attached hydrogen (secondary N) is 1. The third-order valence-electron chi connectivity index (χ3n) is 3.85. The Balaban J connectivity index is 2.12. The first kappa shape index (κ1) is 20.9. The van der Waals surface area contributed by atoms with Crippen molar-refractivity contribution in [1.29, 1.82) is 0 Å². The van der Waals surface area contributed by atoms with Gasteiger partial charge >= 0.3 is 5.97 Å². The minimum Gasteiger partial charge on any atom is -0.493 e. The normalized spacial score (nSPS) is 11.5. The van der Waals surface area contributed by atoms with E-state index in [1.807, 2.05) is 0 Å². The molecule has 0 saturated carbocycles. The van der Waals surface area contributed by atoms with Crippen molar-refractivity contribution in [3.8, 4) is 11.5 Å². The highest BCUT2D eigenvalue weighted by Gasteiger charge is 2.22. The molecule has 0 fully saturated rings. The molecular formula is C19H19Cl2NO5. The third kappa shape index (κ3) is 4.84. The van der Waals surface area contributed by atoms with Gasteiger partial charge in [0.1, 0.15) is 0 Å². The summed E-state index contributed by atoms with van der Waals surface area (Å²) in [4.78, 5) is 24.7. The van der Waals surface area contributed by atoms with Crippen molar-refractivity contribution in [2.75, 3.05) is 19.5 Å². The lowest BCUT2D eigenvalue weighted by molar-refractivity contribution is -0.123. The first-order chi connectivity index (χ1) is 12.8. The zero-order chi connectivity index (χ0) is 20.1. The van der Waals surface area contributed by atoms with Crippen molar-refractivity contribution in [3.05, 3.63) is 51.5 Å². The van der Waals surface area contributed by atoms with Gasteiger partial charge in [-0.25, -0.2) is 4.79 Å². The molecule has 0 aliphatic rings. The molecule has 144 valence electrons. The summed E-state index contributed by atoms with van der Waals surface area (Å²) in [7, 11) is 2.86. The van der Waals surface area contributed by atoms with Gasteiger partial charge in [0.05, 0.1) is 24.8 Å². The topological polar surface area (TPSA) is 73.9 Å². The number of halogens is 2. The van der Waals surface area contributed by atoms with E-state index in [1.165, 1.54) is 33.3 Å². The number of anilines is 1. The molecule has 1 amide bonds. The summed E-state index contributed by atoms with van der Waals surface area (Å²) in [6.07, 6.45) is -1.04. The fourth-order valence-corrected chi connectivity index (χ4v) is 2.76.